The molecule has 0 saturated carbocycles. The van der Waals surface area contributed by atoms with Gasteiger partial charge in [-0.25, -0.2) is 4.68 Å². The molecule has 0 saturated heterocycles. The molecule has 2 aromatic rings. The normalized spacial score (nSPS) is 11.3. The topological polar surface area (TPSA) is 66.5 Å². The van der Waals surface area contributed by atoms with E-state index in [0.717, 1.165) is 10.7 Å². The van der Waals surface area contributed by atoms with Crippen molar-refractivity contribution in [2.24, 2.45) is 0 Å². The number of hydrogen-bond acceptors (Lipinski definition) is 4. The summed E-state index contributed by atoms with van der Waals surface area (Å²) in [6.07, 6.45) is -3.19. The first-order chi connectivity index (χ1) is 9.47. The molecule has 0 unspecified atom stereocenters. The van der Waals surface area contributed by atoms with E-state index in [1.54, 1.807) is 13.1 Å². The fraction of sp³-hybridized carbons (Fsp3) is 0.250. The molecule has 0 aliphatic heterocycles. The highest BCUT2D eigenvalue weighted by Gasteiger charge is 2.35. The summed E-state index contributed by atoms with van der Waals surface area (Å²) in [6.45, 7) is 0.324. The van der Waals surface area contributed by atoms with Crippen LogP contribution < -0.4 is 5.32 Å². The van der Waals surface area contributed by atoms with E-state index >= 15 is 0 Å². The van der Waals surface area contributed by atoms with E-state index in [2.05, 4.69) is 15.6 Å². The number of nitrogens with one attached hydrogen (secondary N) is 1. The molecule has 0 fully saturated rings. The van der Waals surface area contributed by atoms with E-state index in [1.807, 2.05) is 0 Å². The van der Waals surface area contributed by atoms with Crippen molar-refractivity contribution >= 4 is 0 Å². The number of rotatable bonds is 3. The van der Waals surface area contributed by atoms with Crippen molar-refractivity contribution in [1.29, 1.82) is 5.26 Å². The fourth-order valence-corrected chi connectivity index (χ4v) is 1.78. The van der Waals surface area contributed by atoms with Crippen molar-refractivity contribution in [2.75, 3.05) is 7.05 Å². The van der Waals surface area contributed by atoms with Crippen LogP contribution in [0.5, 0.6) is 0 Å². The lowest BCUT2D eigenvalue weighted by molar-refractivity contribution is -0.137. The molecule has 0 amide bonds. The summed E-state index contributed by atoms with van der Waals surface area (Å²) in [5.41, 5.74) is -0.641. The minimum atomic E-state index is -4.58. The lowest BCUT2D eigenvalue weighted by Crippen LogP contribution is -2.16. The Balaban J connectivity index is 2.62. The summed E-state index contributed by atoms with van der Waals surface area (Å²) < 4.78 is 40.4. The molecule has 0 aliphatic carbocycles. The molecule has 0 aliphatic rings. The van der Waals surface area contributed by atoms with Gasteiger partial charge in [-0.1, -0.05) is 5.21 Å². The first-order valence-corrected chi connectivity index (χ1v) is 5.63. The Morgan fingerprint density at radius 3 is 2.75 bits per heavy atom. The van der Waals surface area contributed by atoms with Crippen LogP contribution in [0.2, 0.25) is 0 Å². The predicted molar refractivity (Wildman–Crippen MR) is 63.8 cm³/mol. The average molecular weight is 281 g/mol. The Bertz CT molecular complexity index is 654. The van der Waals surface area contributed by atoms with Crippen LogP contribution >= 0.6 is 0 Å². The molecule has 0 bridgehead atoms. The summed E-state index contributed by atoms with van der Waals surface area (Å²) >= 11 is 0. The lowest BCUT2D eigenvalue weighted by atomic mass is 10.1. The highest BCUT2D eigenvalue weighted by atomic mass is 19.4. The maximum absolute atomic E-state index is 13.1. The largest absolute Gasteiger partial charge is 0.418 e. The smallest absolute Gasteiger partial charge is 0.314 e. The minimum absolute atomic E-state index is 0.0589. The Morgan fingerprint density at radius 2 is 2.15 bits per heavy atom. The molecule has 104 valence electrons. The average Bonchev–Trinajstić information content (AvgIpc) is 2.85. The second kappa shape index (κ2) is 5.30. The third kappa shape index (κ3) is 2.62. The molecule has 1 aromatic carbocycles. The van der Waals surface area contributed by atoms with Gasteiger partial charge in [0.25, 0.3) is 0 Å². The number of alkyl halides is 3. The molecule has 1 aromatic heterocycles. The number of nitriles is 1. The molecular weight excluding hydrogens is 271 g/mol. The van der Waals surface area contributed by atoms with Gasteiger partial charge >= 0.3 is 6.18 Å². The Hall–Kier alpha value is -2.40. The van der Waals surface area contributed by atoms with Gasteiger partial charge in [0.05, 0.1) is 34.8 Å². The molecule has 20 heavy (non-hydrogen) atoms. The zero-order chi connectivity index (χ0) is 14.8. The van der Waals surface area contributed by atoms with E-state index < -0.39 is 11.7 Å². The van der Waals surface area contributed by atoms with Gasteiger partial charge in [0.15, 0.2) is 0 Å². The second-order valence-electron chi connectivity index (χ2n) is 4.01. The van der Waals surface area contributed by atoms with Crippen LogP contribution in [0.3, 0.4) is 0 Å². The van der Waals surface area contributed by atoms with E-state index in [9.17, 15) is 13.2 Å². The van der Waals surface area contributed by atoms with Crippen LogP contribution in [0.15, 0.2) is 24.4 Å². The van der Waals surface area contributed by atoms with Crippen molar-refractivity contribution < 1.29 is 13.2 Å². The van der Waals surface area contributed by atoms with Gasteiger partial charge in [0.1, 0.15) is 0 Å². The Morgan fingerprint density at radius 1 is 1.40 bits per heavy atom. The predicted octanol–water partition coefficient (Wildman–Crippen LogP) is 1.88. The summed E-state index contributed by atoms with van der Waals surface area (Å²) in [5.74, 6) is 0. The van der Waals surface area contributed by atoms with Crippen molar-refractivity contribution in [3.63, 3.8) is 0 Å². The maximum atomic E-state index is 13.1. The number of benzene rings is 1. The fourth-order valence-electron chi connectivity index (χ4n) is 1.78. The van der Waals surface area contributed by atoms with Gasteiger partial charge in [-0.3, -0.25) is 0 Å². The van der Waals surface area contributed by atoms with Crippen molar-refractivity contribution in [3.05, 3.63) is 41.2 Å². The van der Waals surface area contributed by atoms with Gasteiger partial charge in [-0.05, 0) is 25.2 Å². The van der Waals surface area contributed by atoms with Crippen LogP contribution in [0, 0.1) is 11.3 Å². The van der Waals surface area contributed by atoms with E-state index in [0.29, 0.717) is 12.2 Å². The SMILES string of the molecule is CNCc1cnnn1-c1ccc(C#N)cc1C(F)(F)F. The highest BCUT2D eigenvalue weighted by Crippen LogP contribution is 2.34. The molecule has 5 nitrogen and oxygen atoms in total. The summed E-state index contributed by atoms with van der Waals surface area (Å²) in [7, 11) is 1.67. The third-order valence-corrected chi connectivity index (χ3v) is 2.64. The number of halogens is 3. The van der Waals surface area contributed by atoms with Crippen molar-refractivity contribution in [3.8, 4) is 11.8 Å². The van der Waals surface area contributed by atoms with Crippen LogP contribution in [-0.2, 0) is 12.7 Å². The van der Waals surface area contributed by atoms with Gasteiger partial charge in [-0.2, -0.15) is 18.4 Å². The van der Waals surface area contributed by atoms with Gasteiger partial charge in [-0.15, -0.1) is 5.10 Å². The number of nitrogens with zero attached hydrogens (tertiary/aromatic N) is 4. The monoisotopic (exact) mass is 281 g/mol. The summed E-state index contributed by atoms with van der Waals surface area (Å²) in [6, 6.07) is 5.03. The Labute approximate surface area is 112 Å². The maximum Gasteiger partial charge on any atom is 0.418 e. The van der Waals surface area contributed by atoms with Crippen LogP contribution in [0.25, 0.3) is 5.69 Å². The summed E-state index contributed by atoms with van der Waals surface area (Å²) in [5, 5.41) is 18.9. The Kier molecular flexibility index (Phi) is 3.72. The van der Waals surface area contributed by atoms with Gasteiger partial charge < -0.3 is 5.32 Å². The van der Waals surface area contributed by atoms with Gasteiger partial charge in [0, 0.05) is 6.54 Å². The second-order valence-corrected chi connectivity index (χ2v) is 4.01. The molecule has 1 N–H and O–H groups in total. The van der Waals surface area contributed by atoms with Crippen molar-refractivity contribution in [2.45, 2.75) is 12.7 Å². The lowest BCUT2D eigenvalue weighted by Gasteiger charge is -2.14. The van der Waals surface area contributed by atoms with Gasteiger partial charge in [0.2, 0.25) is 0 Å². The quantitative estimate of drug-likeness (QED) is 0.932. The van der Waals surface area contributed by atoms with E-state index in [4.69, 9.17) is 5.26 Å². The molecule has 1 heterocycles. The van der Waals surface area contributed by atoms with Crippen LogP contribution in [-0.4, -0.2) is 22.0 Å². The van der Waals surface area contributed by atoms with E-state index in [-0.39, 0.29) is 11.3 Å². The van der Waals surface area contributed by atoms with Crippen LogP contribution in [0.1, 0.15) is 16.8 Å². The zero-order valence-electron chi connectivity index (χ0n) is 10.4. The van der Waals surface area contributed by atoms with Crippen molar-refractivity contribution in [1.82, 2.24) is 20.3 Å². The molecular formula is C12H10F3N5. The molecule has 2 rings (SSSR count). The molecule has 8 heteroatoms. The zero-order valence-corrected chi connectivity index (χ0v) is 10.4. The minimum Gasteiger partial charge on any atom is -0.314 e. The van der Waals surface area contributed by atoms with Crippen LogP contribution in [0.4, 0.5) is 13.2 Å². The molecule has 0 radical (unpaired) electrons. The number of hydrogen-bond donors (Lipinski definition) is 1. The number of aromatic nitrogens is 3. The standard InChI is InChI=1S/C12H10F3N5/c1-17-6-9-7-18-19-20(9)11-3-2-8(5-16)4-10(11)12(13,14)15/h2-4,7,17H,6H2,1H3. The highest BCUT2D eigenvalue weighted by molar-refractivity contribution is 5.48. The summed E-state index contributed by atoms with van der Waals surface area (Å²) in [4.78, 5) is 0. The molecule has 0 atom stereocenters. The van der Waals surface area contributed by atoms with E-state index in [1.165, 1.54) is 18.3 Å². The molecule has 0 spiro atoms. The first kappa shape index (κ1) is 14.0. The third-order valence-electron chi connectivity index (χ3n) is 2.64. The first-order valence-electron chi connectivity index (χ1n) is 5.63.